The van der Waals surface area contributed by atoms with E-state index in [1.807, 2.05) is 54.6 Å². The third-order valence-electron chi connectivity index (χ3n) is 6.46. The molecule has 5 aromatic rings. The zero-order valence-corrected chi connectivity index (χ0v) is 21.4. The Morgan fingerprint density at radius 3 is 2.35 bits per heavy atom. The normalized spacial score (nSPS) is 11.9. The van der Waals surface area contributed by atoms with E-state index in [-0.39, 0.29) is 30.6 Å². The molecular weight excluding hydrogens is 486 g/mol. The maximum Gasteiger partial charge on any atom is 0.251 e. The Kier molecular flexibility index (Phi) is 7.23. The van der Waals surface area contributed by atoms with Crippen LogP contribution in [0, 0.1) is 0 Å². The molecular formula is C29H29N3O4S. The van der Waals surface area contributed by atoms with Crippen molar-refractivity contribution in [2.75, 3.05) is 26.3 Å². The van der Waals surface area contributed by atoms with Gasteiger partial charge in [0.15, 0.2) is 0 Å². The van der Waals surface area contributed by atoms with Gasteiger partial charge in [0.2, 0.25) is 10.0 Å². The number of fused-ring (bicyclic) bond motifs is 4. The first-order chi connectivity index (χ1) is 18.0. The summed E-state index contributed by atoms with van der Waals surface area (Å²) in [6, 6.07) is 26.6. The second kappa shape index (κ2) is 10.7. The van der Waals surface area contributed by atoms with E-state index in [0.29, 0.717) is 17.5 Å². The van der Waals surface area contributed by atoms with Crippen molar-refractivity contribution in [3.05, 3.63) is 90.5 Å². The van der Waals surface area contributed by atoms with E-state index in [0.717, 1.165) is 33.7 Å². The third-order valence-corrected chi connectivity index (χ3v) is 7.98. The molecule has 0 aliphatic rings. The molecule has 2 N–H and O–H groups in total. The van der Waals surface area contributed by atoms with Crippen molar-refractivity contribution in [3.63, 3.8) is 0 Å². The Morgan fingerprint density at radius 1 is 0.811 bits per heavy atom. The van der Waals surface area contributed by atoms with Gasteiger partial charge >= 0.3 is 0 Å². The monoisotopic (exact) mass is 515 g/mol. The van der Waals surface area contributed by atoms with Crippen LogP contribution >= 0.6 is 0 Å². The van der Waals surface area contributed by atoms with Gasteiger partial charge in [-0.05, 0) is 42.6 Å². The molecule has 0 radical (unpaired) electrons. The van der Waals surface area contributed by atoms with Gasteiger partial charge in [-0.1, -0.05) is 54.6 Å². The quantitative estimate of drug-likeness (QED) is 0.264. The average Bonchev–Trinajstić information content (AvgIpc) is 3.25. The Balaban J connectivity index is 1.12. The lowest BCUT2D eigenvalue weighted by Gasteiger charge is -2.10. The number of aromatic nitrogens is 1. The van der Waals surface area contributed by atoms with E-state index >= 15 is 0 Å². The summed E-state index contributed by atoms with van der Waals surface area (Å²) in [6.07, 6.45) is 0. The molecule has 7 nitrogen and oxygen atoms in total. The van der Waals surface area contributed by atoms with Gasteiger partial charge in [-0.15, -0.1) is 0 Å². The molecule has 0 aliphatic heterocycles. The largest absolute Gasteiger partial charge is 0.378 e. The van der Waals surface area contributed by atoms with E-state index in [1.165, 1.54) is 0 Å². The third kappa shape index (κ3) is 5.09. The molecule has 1 aromatic heterocycles. The molecule has 8 heteroatoms. The fourth-order valence-electron chi connectivity index (χ4n) is 4.73. The van der Waals surface area contributed by atoms with Crippen molar-refractivity contribution in [3.8, 4) is 0 Å². The van der Waals surface area contributed by atoms with Crippen LogP contribution in [0.25, 0.3) is 32.6 Å². The fourth-order valence-corrected chi connectivity index (χ4v) is 5.97. The second-order valence-electron chi connectivity index (χ2n) is 8.74. The molecule has 4 aromatic carbocycles. The Morgan fingerprint density at radius 2 is 1.51 bits per heavy atom. The summed E-state index contributed by atoms with van der Waals surface area (Å²) in [5.41, 5.74) is 2.85. The smallest absolute Gasteiger partial charge is 0.251 e. The predicted molar refractivity (Wildman–Crippen MR) is 147 cm³/mol. The molecule has 0 saturated heterocycles. The SMILES string of the molecule is CCn1c2ccccc2c2cc(C(=O)NCCOCCNS(=O)(=O)c3cccc4ccccc34)ccc21. The molecule has 0 bridgehead atoms. The number of amides is 1. The lowest BCUT2D eigenvalue weighted by atomic mass is 10.1. The van der Waals surface area contributed by atoms with Crippen molar-refractivity contribution in [1.82, 2.24) is 14.6 Å². The number of benzene rings is 4. The number of carbonyl (C=O) groups is 1. The molecule has 0 saturated carbocycles. The highest BCUT2D eigenvalue weighted by Gasteiger charge is 2.16. The number of nitrogens with zero attached hydrogens (tertiary/aromatic N) is 1. The number of para-hydroxylation sites is 1. The lowest BCUT2D eigenvalue weighted by Crippen LogP contribution is -2.30. The summed E-state index contributed by atoms with van der Waals surface area (Å²) in [7, 11) is -3.66. The summed E-state index contributed by atoms with van der Waals surface area (Å²) in [5, 5.41) is 6.61. The van der Waals surface area contributed by atoms with Gasteiger partial charge in [-0.3, -0.25) is 4.79 Å². The number of aryl methyl sites for hydroxylation is 1. The van der Waals surface area contributed by atoms with Crippen LogP contribution in [0.3, 0.4) is 0 Å². The van der Waals surface area contributed by atoms with E-state index in [1.54, 1.807) is 18.2 Å². The fraction of sp³-hybridized carbons (Fsp3) is 0.207. The number of rotatable bonds is 10. The highest BCUT2D eigenvalue weighted by molar-refractivity contribution is 7.89. The van der Waals surface area contributed by atoms with Crippen molar-refractivity contribution >= 4 is 48.5 Å². The number of ether oxygens (including phenoxy) is 1. The molecule has 190 valence electrons. The first-order valence-corrected chi connectivity index (χ1v) is 13.8. The van der Waals surface area contributed by atoms with Crippen molar-refractivity contribution in [2.24, 2.45) is 0 Å². The van der Waals surface area contributed by atoms with Gasteiger partial charge in [-0.2, -0.15) is 0 Å². The van der Waals surface area contributed by atoms with Crippen LogP contribution in [-0.4, -0.2) is 45.2 Å². The molecule has 37 heavy (non-hydrogen) atoms. The lowest BCUT2D eigenvalue weighted by molar-refractivity contribution is 0.0919. The number of sulfonamides is 1. The summed E-state index contributed by atoms with van der Waals surface area (Å²) in [6.45, 7) is 3.90. The topological polar surface area (TPSA) is 89.4 Å². The van der Waals surface area contributed by atoms with E-state index < -0.39 is 10.0 Å². The maximum absolute atomic E-state index is 12.8. The molecule has 0 spiro atoms. The van der Waals surface area contributed by atoms with Crippen molar-refractivity contribution in [1.29, 1.82) is 0 Å². The second-order valence-corrected chi connectivity index (χ2v) is 10.5. The summed E-state index contributed by atoms with van der Waals surface area (Å²) >= 11 is 0. The Hall–Kier alpha value is -3.72. The van der Waals surface area contributed by atoms with E-state index in [2.05, 4.69) is 33.7 Å². The van der Waals surface area contributed by atoms with Crippen molar-refractivity contribution < 1.29 is 17.9 Å². The first-order valence-electron chi connectivity index (χ1n) is 12.3. The summed E-state index contributed by atoms with van der Waals surface area (Å²) in [5.74, 6) is -0.171. The average molecular weight is 516 g/mol. The van der Waals surface area contributed by atoms with Gasteiger partial charge in [0.25, 0.3) is 5.91 Å². The van der Waals surface area contributed by atoms with Crippen molar-refractivity contribution in [2.45, 2.75) is 18.4 Å². The molecule has 1 amide bonds. The highest BCUT2D eigenvalue weighted by Crippen LogP contribution is 2.29. The van der Waals surface area contributed by atoms with Gasteiger partial charge < -0.3 is 14.6 Å². The minimum absolute atomic E-state index is 0.137. The number of hydrogen-bond donors (Lipinski definition) is 2. The molecule has 0 atom stereocenters. The van der Waals surface area contributed by atoms with Crippen LogP contribution in [0.1, 0.15) is 17.3 Å². The predicted octanol–water partition coefficient (Wildman–Crippen LogP) is 4.69. The van der Waals surface area contributed by atoms with Crippen LogP contribution in [0.4, 0.5) is 0 Å². The summed E-state index contributed by atoms with van der Waals surface area (Å²) in [4.78, 5) is 13.0. The molecule has 0 aliphatic carbocycles. The van der Waals surface area contributed by atoms with Gasteiger partial charge in [0, 0.05) is 52.4 Å². The zero-order chi connectivity index (χ0) is 25.8. The zero-order valence-electron chi connectivity index (χ0n) is 20.6. The Bertz CT molecular complexity index is 1690. The number of nitrogens with one attached hydrogen (secondary N) is 2. The molecule has 1 heterocycles. The first kappa shape index (κ1) is 25.0. The van der Waals surface area contributed by atoms with E-state index in [4.69, 9.17) is 4.74 Å². The van der Waals surface area contributed by atoms with Crippen LogP contribution in [-0.2, 0) is 21.3 Å². The minimum Gasteiger partial charge on any atom is -0.378 e. The highest BCUT2D eigenvalue weighted by atomic mass is 32.2. The molecule has 0 fully saturated rings. The van der Waals surface area contributed by atoms with E-state index in [9.17, 15) is 13.2 Å². The number of hydrogen-bond acceptors (Lipinski definition) is 4. The van der Waals surface area contributed by atoms with Crippen LogP contribution < -0.4 is 10.0 Å². The minimum atomic E-state index is -3.66. The summed E-state index contributed by atoms with van der Waals surface area (Å²) < 4.78 is 35.9. The van der Waals surface area contributed by atoms with Gasteiger partial charge in [0.1, 0.15) is 0 Å². The van der Waals surface area contributed by atoms with Gasteiger partial charge in [0.05, 0.1) is 18.1 Å². The molecule has 5 rings (SSSR count). The maximum atomic E-state index is 12.8. The van der Waals surface area contributed by atoms with Gasteiger partial charge in [-0.25, -0.2) is 13.1 Å². The standard InChI is InChI=1S/C29H29N3O4S/c1-2-32-26-12-6-5-11-24(26)25-20-22(14-15-27(25)32)29(33)30-16-18-36-19-17-31-37(34,35)28-13-7-9-21-8-3-4-10-23(21)28/h3-15,20,31H,2,16-19H2,1H3,(H,30,33). The van der Waals surface area contributed by atoms with Crippen LogP contribution in [0.2, 0.25) is 0 Å². The Labute approximate surface area is 216 Å². The molecule has 0 unspecified atom stereocenters. The van der Waals surface area contributed by atoms with Crippen LogP contribution in [0.5, 0.6) is 0 Å². The number of carbonyl (C=O) groups excluding carboxylic acids is 1. The van der Waals surface area contributed by atoms with Crippen LogP contribution in [0.15, 0.2) is 89.8 Å².